The van der Waals surface area contributed by atoms with Crippen LogP contribution in [0.4, 0.5) is 0 Å². The highest BCUT2D eigenvalue weighted by Crippen LogP contribution is 2.23. The van der Waals surface area contributed by atoms with Gasteiger partial charge < -0.3 is 4.74 Å². The SMILES string of the molecule is CC(C)(C)N1COCC(C)([N+](=O)[O-])C1. The van der Waals surface area contributed by atoms with Gasteiger partial charge in [0.2, 0.25) is 0 Å². The minimum Gasteiger partial charge on any atom is -0.359 e. The molecule has 1 fully saturated rings. The summed E-state index contributed by atoms with van der Waals surface area (Å²) in [4.78, 5) is 12.6. The van der Waals surface area contributed by atoms with Crippen LogP contribution in [0.1, 0.15) is 27.7 Å². The maximum atomic E-state index is 10.8. The fraction of sp³-hybridized carbons (Fsp3) is 1.00. The summed E-state index contributed by atoms with van der Waals surface area (Å²) in [5.74, 6) is 0. The van der Waals surface area contributed by atoms with Gasteiger partial charge in [0.15, 0.2) is 0 Å². The number of nitrogens with zero attached hydrogens (tertiary/aromatic N) is 2. The smallest absolute Gasteiger partial charge is 0.254 e. The molecule has 0 aromatic heterocycles. The van der Waals surface area contributed by atoms with Gasteiger partial charge in [-0.2, -0.15) is 0 Å². The lowest BCUT2D eigenvalue weighted by Gasteiger charge is -2.41. The van der Waals surface area contributed by atoms with Crippen LogP contribution in [0.25, 0.3) is 0 Å². The Kier molecular flexibility index (Phi) is 2.83. The molecule has 5 nitrogen and oxygen atoms in total. The zero-order valence-electron chi connectivity index (χ0n) is 9.24. The van der Waals surface area contributed by atoms with E-state index in [9.17, 15) is 10.1 Å². The number of hydrogen-bond donors (Lipinski definition) is 0. The molecular formula is C9H18N2O3. The number of nitro groups is 1. The summed E-state index contributed by atoms with van der Waals surface area (Å²) in [7, 11) is 0. The monoisotopic (exact) mass is 202 g/mol. The predicted molar refractivity (Wildman–Crippen MR) is 52.7 cm³/mol. The highest BCUT2D eigenvalue weighted by atomic mass is 16.6. The maximum absolute atomic E-state index is 10.8. The van der Waals surface area contributed by atoms with E-state index in [-0.39, 0.29) is 17.1 Å². The molecule has 0 spiro atoms. The zero-order chi connectivity index (χ0) is 11.0. The van der Waals surface area contributed by atoms with Gasteiger partial charge in [0.25, 0.3) is 5.54 Å². The van der Waals surface area contributed by atoms with Crippen molar-refractivity contribution in [3.8, 4) is 0 Å². The molecule has 5 heteroatoms. The van der Waals surface area contributed by atoms with Crippen molar-refractivity contribution in [1.29, 1.82) is 0 Å². The molecule has 0 aromatic rings. The second-order valence-corrected chi connectivity index (χ2v) is 5.10. The van der Waals surface area contributed by atoms with Crippen LogP contribution >= 0.6 is 0 Å². The van der Waals surface area contributed by atoms with Gasteiger partial charge in [-0.15, -0.1) is 0 Å². The molecule has 0 bridgehead atoms. The quantitative estimate of drug-likeness (QED) is 0.472. The molecule has 1 aliphatic heterocycles. The first-order valence-corrected chi connectivity index (χ1v) is 4.73. The van der Waals surface area contributed by atoms with Crippen LogP contribution < -0.4 is 0 Å². The first kappa shape index (κ1) is 11.4. The van der Waals surface area contributed by atoms with E-state index in [4.69, 9.17) is 4.74 Å². The van der Waals surface area contributed by atoms with Crippen LogP contribution in [0.2, 0.25) is 0 Å². The van der Waals surface area contributed by atoms with Crippen LogP contribution in [-0.4, -0.2) is 40.8 Å². The molecule has 1 saturated heterocycles. The van der Waals surface area contributed by atoms with Crippen LogP contribution in [0, 0.1) is 10.1 Å². The van der Waals surface area contributed by atoms with Gasteiger partial charge in [0, 0.05) is 17.4 Å². The fourth-order valence-electron chi connectivity index (χ4n) is 1.42. The summed E-state index contributed by atoms with van der Waals surface area (Å²) >= 11 is 0. The Bertz CT molecular complexity index is 237. The summed E-state index contributed by atoms with van der Waals surface area (Å²) in [6.07, 6.45) is 0. The van der Waals surface area contributed by atoms with Crippen LogP contribution in [0.3, 0.4) is 0 Å². The summed E-state index contributed by atoms with van der Waals surface area (Å²) in [6, 6.07) is 0. The lowest BCUT2D eigenvalue weighted by atomic mass is 9.98. The van der Waals surface area contributed by atoms with E-state index in [0.717, 1.165) is 0 Å². The lowest BCUT2D eigenvalue weighted by molar-refractivity contribution is -0.577. The van der Waals surface area contributed by atoms with E-state index in [1.807, 2.05) is 25.7 Å². The third-order valence-corrected chi connectivity index (χ3v) is 2.58. The van der Waals surface area contributed by atoms with Crippen LogP contribution in [0.15, 0.2) is 0 Å². The Balaban J connectivity index is 2.74. The molecule has 0 aliphatic carbocycles. The van der Waals surface area contributed by atoms with E-state index in [0.29, 0.717) is 13.3 Å². The molecule has 0 aromatic carbocycles. The minimum absolute atomic E-state index is 0.0856. The van der Waals surface area contributed by atoms with Crippen molar-refractivity contribution in [3.05, 3.63) is 10.1 Å². The van der Waals surface area contributed by atoms with Crippen molar-refractivity contribution in [2.24, 2.45) is 0 Å². The standard InChI is InChI=1S/C9H18N2O3/c1-8(2,3)10-5-9(4,11(12)13)6-14-7-10/h5-7H2,1-4H3. The lowest BCUT2D eigenvalue weighted by Crippen LogP contribution is -2.59. The third-order valence-electron chi connectivity index (χ3n) is 2.58. The summed E-state index contributed by atoms with van der Waals surface area (Å²) in [5.41, 5.74) is -1.05. The van der Waals surface area contributed by atoms with E-state index in [1.165, 1.54) is 0 Å². The molecule has 1 aliphatic rings. The van der Waals surface area contributed by atoms with Crippen LogP contribution in [0.5, 0.6) is 0 Å². The van der Waals surface area contributed by atoms with Gasteiger partial charge in [-0.1, -0.05) is 0 Å². The first-order chi connectivity index (χ1) is 6.26. The van der Waals surface area contributed by atoms with Crippen molar-refractivity contribution >= 4 is 0 Å². The molecule has 0 saturated carbocycles. The van der Waals surface area contributed by atoms with E-state index < -0.39 is 5.54 Å². The van der Waals surface area contributed by atoms with Gasteiger partial charge in [0.05, 0.1) is 6.54 Å². The topological polar surface area (TPSA) is 55.6 Å². The Morgan fingerprint density at radius 3 is 2.50 bits per heavy atom. The molecule has 14 heavy (non-hydrogen) atoms. The van der Waals surface area contributed by atoms with Crippen molar-refractivity contribution < 1.29 is 9.66 Å². The molecule has 0 radical (unpaired) electrons. The summed E-state index contributed by atoms with van der Waals surface area (Å²) in [6.45, 7) is 8.85. The van der Waals surface area contributed by atoms with Crippen LogP contribution in [-0.2, 0) is 4.74 Å². The average molecular weight is 202 g/mol. The largest absolute Gasteiger partial charge is 0.359 e. The summed E-state index contributed by atoms with van der Waals surface area (Å²) < 4.78 is 5.27. The Hall–Kier alpha value is -0.680. The molecular weight excluding hydrogens is 184 g/mol. The maximum Gasteiger partial charge on any atom is 0.254 e. The Morgan fingerprint density at radius 1 is 1.50 bits per heavy atom. The number of rotatable bonds is 1. The Labute approximate surface area is 84.2 Å². The molecule has 1 unspecified atom stereocenters. The van der Waals surface area contributed by atoms with Gasteiger partial charge in [0.1, 0.15) is 13.3 Å². The van der Waals surface area contributed by atoms with Gasteiger partial charge >= 0.3 is 0 Å². The fourth-order valence-corrected chi connectivity index (χ4v) is 1.42. The van der Waals surface area contributed by atoms with E-state index in [2.05, 4.69) is 0 Å². The number of ether oxygens (including phenoxy) is 1. The number of hydrogen-bond acceptors (Lipinski definition) is 4. The second-order valence-electron chi connectivity index (χ2n) is 5.10. The third kappa shape index (κ3) is 2.22. The highest BCUT2D eigenvalue weighted by Gasteiger charge is 2.45. The first-order valence-electron chi connectivity index (χ1n) is 4.73. The van der Waals surface area contributed by atoms with Crippen molar-refractivity contribution in [2.45, 2.75) is 38.8 Å². The molecule has 82 valence electrons. The van der Waals surface area contributed by atoms with Gasteiger partial charge in [-0.05, 0) is 20.8 Å². The molecule has 1 heterocycles. The van der Waals surface area contributed by atoms with E-state index in [1.54, 1.807) is 6.92 Å². The molecule has 1 atom stereocenters. The molecule has 0 N–H and O–H groups in total. The highest BCUT2D eigenvalue weighted by molar-refractivity contribution is 4.86. The van der Waals surface area contributed by atoms with E-state index >= 15 is 0 Å². The molecule has 0 amide bonds. The van der Waals surface area contributed by atoms with Crippen molar-refractivity contribution in [3.63, 3.8) is 0 Å². The normalized spacial score (nSPS) is 30.3. The zero-order valence-corrected chi connectivity index (χ0v) is 9.24. The van der Waals surface area contributed by atoms with Gasteiger partial charge in [-0.3, -0.25) is 15.0 Å². The van der Waals surface area contributed by atoms with Crippen molar-refractivity contribution in [2.75, 3.05) is 19.9 Å². The summed E-state index contributed by atoms with van der Waals surface area (Å²) in [5, 5.41) is 10.8. The molecule has 1 rings (SSSR count). The van der Waals surface area contributed by atoms with Crippen molar-refractivity contribution in [1.82, 2.24) is 4.90 Å². The minimum atomic E-state index is -0.967. The average Bonchev–Trinajstić information content (AvgIpc) is 2.02. The van der Waals surface area contributed by atoms with Gasteiger partial charge in [-0.25, -0.2) is 0 Å². The predicted octanol–water partition coefficient (Wildman–Crippen LogP) is 1.11. The second kappa shape index (κ2) is 3.47. The Morgan fingerprint density at radius 2 is 2.07 bits per heavy atom.